The van der Waals surface area contributed by atoms with Crippen LogP contribution in [0.15, 0.2) is 16.9 Å². The third kappa shape index (κ3) is 2.60. The number of hydrogen-bond donors (Lipinski definition) is 1. The molecule has 0 radical (unpaired) electrons. The molecule has 0 bridgehead atoms. The summed E-state index contributed by atoms with van der Waals surface area (Å²) < 4.78 is 7.08. The van der Waals surface area contributed by atoms with E-state index in [0.717, 1.165) is 18.4 Å². The molecule has 2 heterocycles. The minimum atomic E-state index is -0.200. The Morgan fingerprint density at radius 1 is 1.45 bits per heavy atom. The highest BCUT2D eigenvalue weighted by molar-refractivity contribution is 6.36. The van der Waals surface area contributed by atoms with E-state index in [2.05, 4.69) is 16.1 Å². The van der Waals surface area contributed by atoms with E-state index in [1.54, 1.807) is 16.7 Å². The molecule has 0 saturated heterocycles. The molecule has 1 aliphatic heterocycles. The molecule has 0 fully saturated rings. The Hall–Kier alpha value is -1.90. The van der Waals surface area contributed by atoms with Crippen LogP contribution in [-0.2, 0) is 6.54 Å². The van der Waals surface area contributed by atoms with Crippen LogP contribution in [0, 0.1) is 12.3 Å². The lowest BCUT2D eigenvalue weighted by molar-refractivity contribution is 0.369. The summed E-state index contributed by atoms with van der Waals surface area (Å²) in [6.45, 7) is 0.783. The van der Waals surface area contributed by atoms with Crippen molar-refractivity contribution in [1.82, 2.24) is 14.8 Å². The number of halogens is 2. The van der Waals surface area contributed by atoms with Crippen LogP contribution < -0.4 is 10.4 Å². The van der Waals surface area contributed by atoms with Gasteiger partial charge in [-0.1, -0.05) is 29.1 Å². The third-order valence-corrected chi connectivity index (χ3v) is 4.33. The monoisotopic (exact) mass is 337 g/mol. The topological polar surface area (TPSA) is 59.9 Å². The minimum Gasteiger partial charge on any atom is -0.479 e. The molecule has 1 N–H and O–H groups in total. The van der Waals surface area contributed by atoms with E-state index in [0.29, 0.717) is 28.2 Å². The molecule has 1 aliphatic rings. The number of aromatic nitrogens is 3. The lowest BCUT2D eigenvalue weighted by Gasteiger charge is -2.24. The highest BCUT2D eigenvalue weighted by Crippen LogP contribution is 2.40. The van der Waals surface area contributed by atoms with E-state index in [4.69, 9.17) is 34.4 Å². The van der Waals surface area contributed by atoms with E-state index in [1.165, 1.54) is 0 Å². The van der Waals surface area contributed by atoms with Crippen LogP contribution in [0.1, 0.15) is 30.1 Å². The molecular formula is C15H13Cl2N3O2. The minimum absolute atomic E-state index is 0.0781. The van der Waals surface area contributed by atoms with E-state index in [1.807, 2.05) is 0 Å². The predicted octanol–water partition coefficient (Wildman–Crippen LogP) is 2.82. The van der Waals surface area contributed by atoms with Crippen molar-refractivity contribution >= 4 is 23.2 Å². The molecule has 5 nitrogen and oxygen atoms in total. The zero-order chi connectivity index (χ0) is 15.7. The molecule has 22 heavy (non-hydrogen) atoms. The SMILES string of the molecule is C#CCOc1cc(C2CCCn3c2n[nH]c3=O)c(Cl)cc1Cl. The van der Waals surface area contributed by atoms with Gasteiger partial charge in [-0.2, -0.15) is 5.10 Å². The maximum absolute atomic E-state index is 11.7. The van der Waals surface area contributed by atoms with Crippen molar-refractivity contribution in [2.75, 3.05) is 6.61 Å². The van der Waals surface area contributed by atoms with E-state index in [-0.39, 0.29) is 18.2 Å². The molecule has 1 aromatic heterocycles. The first-order chi connectivity index (χ1) is 10.6. The summed E-state index contributed by atoms with van der Waals surface area (Å²) in [5, 5.41) is 7.54. The fraction of sp³-hybridized carbons (Fsp3) is 0.333. The molecule has 114 valence electrons. The predicted molar refractivity (Wildman–Crippen MR) is 84.7 cm³/mol. The van der Waals surface area contributed by atoms with E-state index in [9.17, 15) is 4.79 Å². The molecule has 2 aromatic rings. The van der Waals surface area contributed by atoms with Gasteiger partial charge in [-0.15, -0.1) is 6.42 Å². The lowest BCUT2D eigenvalue weighted by atomic mass is 9.91. The van der Waals surface area contributed by atoms with Crippen molar-refractivity contribution in [3.8, 4) is 18.1 Å². The van der Waals surface area contributed by atoms with Gasteiger partial charge in [-0.05, 0) is 30.5 Å². The average Bonchev–Trinajstić information content (AvgIpc) is 2.88. The van der Waals surface area contributed by atoms with Gasteiger partial charge in [0.2, 0.25) is 0 Å². The number of ether oxygens (including phenoxy) is 1. The fourth-order valence-corrected chi connectivity index (χ4v) is 3.30. The van der Waals surface area contributed by atoms with Gasteiger partial charge in [0.05, 0.1) is 5.02 Å². The Bertz CT molecular complexity index is 804. The molecule has 3 rings (SSSR count). The first-order valence-corrected chi connectivity index (χ1v) is 7.57. The molecule has 0 aliphatic carbocycles. The maximum Gasteiger partial charge on any atom is 0.343 e. The van der Waals surface area contributed by atoms with E-state index < -0.39 is 0 Å². The molecule has 1 unspecified atom stereocenters. The molecule has 0 amide bonds. The molecule has 0 saturated carbocycles. The number of aromatic amines is 1. The smallest absolute Gasteiger partial charge is 0.343 e. The number of H-pyrrole nitrogens is 1. The zero-order valence-electron chi connectivity index (χ0n) is 11.6. The first-order valence-electron chi connectivity index (χ1n) is 6.82. The number of fused-ring (bicyclic) bond motifs is 1. The second kappa shape index (κ2) is 6.07. The molecule has 7 heteroatoms. The summed E-state index contributed by atoms with van der Waals surface area (Å²) in [5.41, 5.74) is 0.631. The van der Waals surface area contributed by atoms with Gasteiger partial charge >= 0.3 is 5.69 Å². The van der Waals surface area contributed by atoms with Crippen molar-refractivity contribution in [1.29, 1.82) is 0 Å². The summed E-state index contributed by atoms with van der Waals surface area (Å²) in [4.78, 5) is 11.7. The number of hydrogen-bond acceptors (Lipinski definition) is 3. The summed E-state index contributed by atoms with van der Waals surface area (Å²) in [5.74, 6) is 3.49. The van der Waals surface area contributed by atoms with Crippen LogP contribution in [0.2, 0.25) is 10.0 Å². The van der Waals surface area contributed by atoms with Gasteiger partial charge in [0, 0.05) is 17.5 Å². The van der Waals surface area contributed by atoms with Crippen LogP contribution in [0.5, 0.6) is 5.75 Å². The molecule has 1 atom stereocenters. The first kappa shape index (κ1) is 15.0. The Kier molecular flexibility index (Phi) is 4.14. The fourth-order valence-electron chi connectivity index (χ4n) is 2.73. The van der Waals surface area contributed by atoms with Gasteiger partial charge in [-0.25, -0.2) is 9.89 Å². The number of benzene rings is 1. The summed E-state index contributed by atoms with van der Waals surface area (Å²) in [6, 6.07) is 3.41. The van der Waals surface area contributed by atoms with Gasteiger partial charge in [0.15, 0.2) is 0 Å². The third-order valence-electron chi connectivity index (χ3n) is 3.71. The standard InChI is InChI=1S/C15H13Cl2N3O2/c1-2-6-22-13-7-10(11(16)8-12(13)17)9-4-3-5-20-14(9)18-19-15(20)21/h1,7-9H,3-6H2,(H,19,21). The van der Waals surface area contributed by atoms with Crippen molar-refractivity contribution in [3.05, 3.63) is 44.1 Å². The Balaban J connectivity index is 2.05. The van der Waals surface area contributed by atoms with Gasteiger partial charge in [0.25, 0.3) is 0 Å². The summed E-state index contributed by atoms with van der Waals surface area (Å²) >= 11 is 12.5. The lowest BCUT2D eigenvalue weighted by Crippen LogP contribution is -2.25. The molecular weight excluding hydrogens is 325 g/mol. The molecule has 0 spiro atoms. The average molecular weight is 338 g/mol. The zero-order valence-corrected chi connectivity index (χ0v) is 13.1. The van der Waals surface area contributed by atoms with Crippen LogP contribution in [0.25, 0.3) is 0 Å². The number of nitrogens with one attached hydrogen (secondary N) is 1. The van der Waals surface area contributed by atoms with Crippen molar-refractivity contribution in [2.45, 2.75) is 25.3 Å². The van der Waals surface area contributed by atoms with Crippen LogP contribution in [0.3, 0.4) is 0 Å². The van der Waals surface area contributed by atoms with Gasteiger partial charge in [0.1, 0.15) is 18.2 Å². The van der Waals surface area contributed by atoms with Crippen molar-refractivity contribution in [3.63, 3.8) is 0 Å². The quantitative estimate of drug-likeness (QED) is 0.876. The second-order valence-corrected chi connectivity index (χ2v) is 5.84. The van der Waals surface area contributed by atoms with Crippen LogP contribution in [-0.4, -0.2) is 21.4 Å². The molecule has 1 aromatic carbocycles. The summed E-state index contributed by atoms with van der Waals surface area (Å²) in [6.07, 6.45) is 6.93. The van der Waals surface area contributed by atoms with Gasteiger partial charge in [-0.3, -0.25) is 4.57 Å². The normalized spacial score (nSPS) is 16.9. The highest BCUT2D eigenvalue weighted by Gasteiger charge is 2.28. The van der Waals surface area contributed by atoms with Crippen molar-refractivity contribution in [2.24, 2.45) is 0 Å². The van der Waals surface area contributed by atoms with Crippen LogP contribution in [0.4, 0.5) is 0 Å². The number of rotatable bonds is 3. The van der Waals surface area contributed by atoms with Crippen molar-refractivity contribution < 1.29 is 4.74 Å². The van der Waals surface area contributed by atoms with Crippen LogP contribution >= 0.6 is 23.2 Å². The van der Waals surface area contributed by atoms with Gasteiger partial charge < -0.3 is 4.74 Å². The maximum atomic E-state index is 11.7. The Morgan fingerprint density at radius 2 is 2.27 bits per heavy atom. The highest BCUT2D eigenvalue weighted by atomic mass is 35.5. The largest absolute Gasteiger partial charge is 0.479 e. The second-order valence-electron chi connectivity index (χ2n) is 5.03. The number of nitrogens with zero attached hydrogens (tertiary/aromatic N) is 2. The number of terminal acetylenes is 1. The summed E-state index contributed by atoms with van der Waals surface area (Å²) in [7, 11) is 0. The Labute approximate surface area is 137 Å². The Morgan fingerprint density at radius 3 is 3.05 bits per heavy atom. The van der Waals surface area contributed by atoms with E-state index >= 15 is 0 Å².